The molecule has 0 aliphatic carbocycles. The van der Waals surface area contributed by atoms with Gasteiger partial charge in [-0.05, 0) is 31.2 Å². The zero-order valence-corrected chi connectivity index (χ0v) is 12.3. The topological polar surface area (TPSA) is 99.4 Å². The summed E-state index contributed by atoms with van der Waals surface area (Å²) in [5, 5.41) is 13.4. The molecule has 0 radical (unpaired) electrons. The van der Waals surface area contributed by atoms with Crippen LogP contribution in [0.15, 0.2) is 48.8 Å². The molecule has 1 amide bonds. The molecule has 0 unspecified atom stereocenters. The van der Waals surface area contributed by atoms with E-state index in [4.69, 9.17) is 4.74 Å². The first-order valence-electron chi connectivity index (χ1n) is 6.72. The van der Waals surface area contributed by atoms with Crippen LogP contribution >= 0.6 is 0 Å². The lowest BCUT2D eigenvalue weighted by molar-refractivity contribution is -0.605. The average Bonchev–Trinajstić information content (AvgIpc) is 2.54. The van der Waals surface area contributed by atoms with E-state index in [1.165, 1.54) is 19.1 Å². The van der Waals surface area contributed by atoms with Gasteiger partial charge < -0.3 is 15.3 Å². The van der Waals surface area contributed by atoms with Gasteiger partial charge in [0.2, 0.25) is 0 Å². The summed E-state index contributed by atoms with van der Waals surface area (Å²) in [5.74, 6) is -1.28. The van der Waals surface area contributed by atoms with Crippen LogP contribution in [0.4, 0.5) is 5.69 Å². The van der Waals surface area contributed by atoms with Crippen LogP contribution in [-0.2, 0) is 9.53 Å². The van der Waals surface area contributed by atoms with Gasteiger partial charge in [-0.25, -0.2) is 4.79 Å². The molecule has 7 heteroatoms. The molecule has 0 spiro atoms. The number of aromatic nitrogens is 1. The van der Waals surface area contributed by atoms with Crippen molar-refractivity contribution in [3.05, 3.63) is 65.1 Å². The monoisotopic (exact) mass is 314 g/mol. The largest absolute Gasteiger partial charge is 0.619 e. The number of nitrogens with zero attached hydrogens (tertiary/aromatic N) is 1. The van der Waals surface area contributed by atoms with E-state index in [2.05, 4.69) is 5.32 Å². The maximum absolute atomic E-state index is 11.7. The normalized spacial score (nSPS) is 9.96. The first kappa shape index (κ1) is 16.2. The van der Waals surface area contributed by atoms with Gasteiger partial charge in [0.25, 0.3) is 5.91 Å². The fourth-order valence-electron chi connectivity index (χ4n) is 1.75. The minimum Gasteiger partial charge on any atom is -0.619 e. The predicted octanol–water partition coefficient (Wildman–Crippen LogP) is 1.32. The van der Waals surface area contributed by atoms with E-state index in [9.17, 15) is 19.6 Å². The Labute approximate surface area is 132 Å². The number of hydrogen-bond acceptors (Lipinski definition) is 5. The van der Waals surface area contributed by atoms with Crippen LogP contribution < -0.4 is 10.0 Å². The van der Waals surface area contributed by atoms with Crippen molar-refractivity contribution in [1.29, 1.82) is 0 Å². The van der Waals surface area contributed by atoms with Gasteiger partial charge in [0.15, 0.2) is 24.8 Å². The molecule has 1 heterocycles. The molecule has 1 N–H and O–H groups in total. The maximum Gasteiger partial charge on any atom is 0.339 e. The summed E-state index contributed by atoms with van der Waals surface area (Å²) < 4.78 is 5.38. The van der Waals surface area contributed by atoms with Gasteiger partial charge in [-0.2, -0.15) is 4.73 Å². The highest BCUT2D eigenvalue weighted by molar-refractivity contribution is 5.97. The third kappa shape index (κ3) is 4.63. The van der Waals surface area contributed by atoms with E-state index in [1.54, 1.807) is 24.3 Å². The third-order valence-electron chi connectivity index (χ3n) is 2.95. The maximum atomic E-state index is 11.7. The van der Waals surface area contributed by atoms with Gasteiger partial charge >= 0.3 is 5.97 Å². The lowest BCUT2D eigenvalue weighted by atomic mass is 10.1. The molecule has 2 aromatic rings. The number of benzene rings is 1. The Bertz CT molecular complexity index is 723. The summed E-state index contributed by atoms with van der Waals surface area (Å²) in [4.78, 5) is 34.5. The number of esters is 1. The molecule has 0 bridgehead atoms. The number of anilines is 1. The van der Waals surface area contributed by atoms with E-state index >= 15 is 0 Å². The Morgan fingerprint density at radius 1 is 1.04 bits per heavy atom. The lowest BCUT2D eigenvalue weighted by Gasteiger charge is -2.07. The molecule has 7 nitrogen and oxygen atoms in total. The summed E-state index contributed by atoms with van der Waals surface area (Å²) in [6.07, 6.45) is 2.32. The van der Waals surface area contributed by atoms with Crippen molar-refractivity contribution in [2.75, 3.05) is 11.9 Å². The smallest absolute Gasteiger partial charge is 0.339 e. The second-order valence-corrected chi connectivity index (χ2v) is 4.70. The summed E-state index contributed by atoms with van der Waals surface area (Å²) in [5.41, 5.74) is 1.20. The minimum absolute atomic E-state index is 0.0703. The number of nitrogens with one attached hydrogen (secondary N) is 1. The van der Waals surface area contributed by atoms with Crippen molar-refractivity contribution < 1.29 is 23.9 Å². The zero-order chi connectivity index (χ0) is 16.8. The SMILES string of the molecule is CC(=O)c1ccc(NC(=O)COC(=O)c2cc[n+]([O-])cc2)cc1. The van der Waals surface area contributed by atoms with Crippen LogP contribution in [0.2, 0.25) is 0 Å². The summed E-state index contributed by atoms with van der Waals surface area (Å²) in [6.45, 7) is 0.991. The fraction of sp³-hybridized carbons (Fsp3) is 0.125. The van der Waals surface area contributed by atoms with Gasteiger partial charge in [-0.1, -0.05) is 0 Å². The van der Waals surface area contributed by atoms with E-state index in [1.807, 2.05) is 0 Å². The van der Waals surface area contributed by atoms with Gasteiger partial charge in [0.05, 0.1) is 5.56 Å². The molecule has 2 rings (SSSR count). The van der Waals surface area contributed by atoms with Crippen LogP contribution in [0.1, 0.15) is 27.6 Å². The molecule has 0 aliphatic rings. The number of pyridine rings is 1. The number of hydrogen-bond donors (Lipinski definition) is 1. The Morgan fingerprint density at radius 2 is 1.65 bits per heavy atom. The van der Waals surface area contributed by atoms with E-state index in [0.29, 0.717) is 16.0 Å². The Balaban J connectivity index is 1.86. The first-order valence-corrected chi connectivity index (χ1v) is 6.72. The van der Waals surface area contributed by atoms with Crippen molar-refractivity contribution in [1.82, 2.24) is 0 Å². The predicted molar refractivity (Wildman–Crippen MR) is 80.8 cm³/mol. The number of ketones is 1. The molecule has 1 aromatic heterocycles. The first-order chi connectivity index (χ1) is 11.0. The molecule has 0 atom stereocenters. The van der Waals surface area contributed by atoms with E-state index < -0.39 is 18.5 Å². The quantitative estimate of drug-likeness (QED) is 0.388. The molecule has 23 heavy (non-hydrogen) atoms. The molecular formula is C16H14N2O5. The van der Waals surface area contributed by atoms with Crippen LogP contribution in [-0.4, -0.2) is 24.3 Å². The highest BCUT2D eigenvalue weighted by atomic mass is 16.5. The summed E-state index contributed by atoms with van der Waals surface area (Å²) in [7, 11) is 0. The zero-order valence-electron chi connectivity index (χ0n) is 12.3. The summed E-state index contributed by atoms with van der Waals surface area (Å²) in [6, 6.07) is 8.95. The second kappa shape index (κ2) is 7.17. The van der Waals surface area contributed by atoms with Gasteiger partial charge in [0.1, 0.15) is 0 Å². The second-order valence-electron chi connectivity index (χ2n) is 4.70. The van der Waals surface area contributed by atoms with Crippen molar-refractivity contribution in [3.63, 3.8) is 0 Å². The Hall–Kier alpha value is -3.22. The average molecular weight is 314 g/mol. The van der Waals surface area contributed by atoms with Crippen LogP contribution in [0, 0.1) is 5.21 Å². The molecule has 1 aromatic carbocycles. The molecule has 118 valence electrons. The molecule has 0 saturated carbocycles. The Morgan fingerprint density at radius 3 is 2.22 bits per heavy atom. The Kier molecular flexibility index (Phi) is 5.03. The molecule has 0 fully saturated rings. The van der Waals surface area contributed by atoms with Crippen molar-refractivity contribution in [3.8, 4) is 0 Å². The number of carbonyl (C=O) groups is 3. The van der Waals surface area contributed by atoms with Crippen molar-refractivity contribution in [2.24, 2.45) is 0 Å². The number of carbonyl (C=O) groups excluding carboxylic acids is 3. The highest BCUT2D eigenvalue weighted by Gasteiger charge is 2.11. The van der Waals surface area contributed by atoms with Crippen LogP contribution in [0.5, 0.6) is 0 Å². The van der Waals surface area contributed by atoms with Gasteiger partial charge in [-0.3, -0.25) is 9.59 Å². The number of amides is 1. The molecular weight excluding hydrogens is 300 g/mol. The van der Waals surface area contributed by atoms with E-state index in [-0.39, 0.29) is 11.3 Å². The number of Topliss-reactive ketones (excluding diaryl/α,β-unsaturated/α-hetero) is 1. The van der Waals surface area contributed by atoms with Crippen LogP contribution in [0.25, 0.3) is 0 Å². The number of ether oxygens (including phenoxy) is 1. The summed E-state index contributed by atoms with van der Waals surface area (Å²) >= 11 is 0. The molecule has 0 saturated heterocycles. The number of rotatable bonds is 5. The standard InChI is InChI=1S/C16H14N2O5/c1-11(19)12-2-4-14(5-3-12)17-15(20)10-23-16(21)13-6-8-18(22)9-7-13/h2-9H,10H2,1H3,(H,17,20). The highest BCUT2D eigenvalue weighted by Crippen LogP contribution is 2.10. The fourth-order valence-corrected chi connectivity index (χ4v) is 1.75. The molecule has 0 aliphatic heterocycles. The van der Waals surface area contributed by atoms with Crippen molar-refractivity contribution >= 4 is 23.3 Å². The third-order valence-corrected chi connectivity index (χ3v) is 2.95. The van der Waals surface area contributed by atoms with E-state index in [0.717, 1.165) is 12.4 Å². The van der Waals surface area contributed by atoms with Crippen molar-refractivity contribution in [2.45, 2.75) is 6.92 Å². The minimum atomic E-state index is -0.701. The van der Waals surface area contributed by atoms with Gasteiger partial charge in [-0.15, -0.1) is 0 Å². The lowest BCUT2D eigenvalue weighted by Crippen LogP contribution is -2.25. The van der Waals surface area contributed by atoms with Crippen LogP contribution in [0.3, 0.4) is 0 Å². The van der Waals surface area contributed by atoms with Gasteiger partial charge in [0, 0.05) is 23.4 Å².